The second-order valence-corrected chi connectivity index (χ2v) is 5.17. The number of hydrazine groups is 1. The van der Waals surface area contributed by atoms with Crippen molar-refractivity contribution < 1.29 is 10.0 Å². The first kappa shape index (κ1) is 14.5. The van der Waals surface area contributed by atoms with E-state index in [0.717, 1.165) is 25.7 Å². The summed E-state index contributed by atoms with van der Waals surface area (Å²) < 4.78 is 0. The lowest BCUT2D eigenvalue weighted by Gasteiger charge is -2.26. The van der Waals surface area contributed by atoms with Gasteiger partial charge >= 0.3 is 5.69 Å². The van der Waals surface area contributed by atoms with E-state index in [9.17, 15) is 15.2 Å². The summed E-state index contributed by atoms with van der Waals surface area (Å²) in [7, 11) is 0. The first-order valence-corrected chi connectivity index (χ1v) is 6.77. The maximum Gasteiger partial charge on any atom is 0.316 e. The molecular weight excluding hydrogens is 260 g/mol. The molecular formula is C13H20N4O3. The number of nitrogens with two attached hydrogens (primary N) is 1. The van der Waals surface area contributed by atoms with Gasteiger partial charge in [-0.15, -0.1) is 0 Å². The molecule has 0 heterocycles. The Balaban J connectivity index is 2.07. The van der Waals surface area contributed by atoms with E-state index in [2.05, 4.69) is 10.7 Å². The Morgan fingerprint density at radius 3 is 2.80 bits per heavy atom. The summed E-state index contributed by atoms with van der Waals surface area (Å²) in [5, 5.41) is 23.9. The fourth-order valence-corrected chi connectivity index (χ4v) is 2.70. The van der Waals surface area contributed by atoms with Crippen molar-refractivity contribution in [2.75, 3.05) is 17.3 Å². The highest BCUT2D eigenvalue weighted by Crippen LogP contribution is 2.33. The van der Waals surface area contributed by atoms with E-state index in [1.807, 2.05) is 0 Å². The number of hydrogen-bond acceptors (Lipinski definition) is 6. The molecule has 7 heteroatoms. The van der Waals surface area contributed by atoms with Crippen molar-refractivity contribution in [3.05, 3.63) is 28.3 Å². The molecule has 2 rings (SSSR count). The predicted octanol–water partition coefficient (Wildman–Crippen LogP) is 1.84. The van der Waals surface area contributed by atoms with E-state index in [0.29, 0.717) is 18.2 Å². The zero-order chi connectivity index (χ0) is 14.5. The molecule has 7 nitrogen and oxygen atoms in total. The maximum atomic E-state index is 11.1. The molecule has 2 atom stereocenters. The third-order valence-corrected chi connectivity index (χ3v) is 3.71. The monoisotopic (exact) mass is 280 g/mol. The summed E-state index contributed by atoms with van der Waals surface area (Å²) in [5.41, 5.74) is 3.02. The normalized spacial score (nSPS) is 22.3. The molecule has 1 aliphatic carbocycles. The number of nitrogens with one attached hydrogen (secondary N) is 2. The number of benzene rings is 1. The van der Waals surface area contributed by atoms with Crippen LogP contribution >= 0.6 is 0 Å². The van der Waals surface area contributed by atoms with Crippen LogP contribution in [0, 0.1) is 16.0 Å². The molecule has 1 aromatic carbocycles. The molecule has 1 aromatic rings. The number of nitro groups is 1. The van der Waals surface area contributed by atoms with Crippen molar-refractivity contribution in [2.24, 2.45) is 11.8 Å². The highest BCUT2D eigenvalue weighted by atomic mass is 16.6. The molecule has 20 heavy (non-hydrogen) atoms. The Hall–Kier alpha value is -1.86. The number of hydrogen-bond donors (Lipinski definition) is 4. The summed E-state index contributed by atoms with van der Waals surface area (Å²) in [6, 6.07) is 4.94. The first-order valence-electron chi connectivity index (χ1n) is 6.77. The molecule has 1 fully saturated rings. The molecule has 110 valence electrons. The van der Waals surface area contributed by atoms with Gasteiger partial charge in [0.2, 0.25) is 0 Å². The Morgan fingerprint density at radius 1 is 1.40 bits per heavy atom. The molecule has 2 unspecified atom stereocenters. The number of nitrogen functional groups attached to an aromatic ring is 1. The average molecular weight is 280 g/mol. The predicted molar refractivity (Wildman–Crippen MR) is 77.4 cm³/mol. The Kier molecular flexibility index (Phi) is 4.75. The molecule has 0 radical (unpaired) electrons. The van der Waals surface area contributed by atoms with Crippen LogP contribution in [0.25, 0.3) is 0 Å². The first-order chi connectivity index (χ1) is 9.61. The van der Waals surface area contributed by atoms with Gasteiger partial charge in [-0.25, -0.2) is 0 Å². The summed E-state index contributed by atoms with van der Waals surface area (Å²) in [5.74, 6) is 5.64. The van der Waals surface area contributed by atoms with E-state index >= 15 is 0 Å². The Morgan fingerprint density at radius 2 is 2.15 bits per heavy atom. The fourth-order valence-electron chi connectivity index (χ4n) is 2.70. The smallest absolute Gasteiger partial charge is 0.316 e. The number of nitro benzene ring substituents is 1. The van der Waals surface area contributed by atoms with Crippen molar-refractivity contribution >= 4 is 17.1 Å². The molecule has 0 amide bonds. The largest absolute Gasteiger partial charge is 0.393 e. The zero-order valence-corrected chi connectivity index (χ0v) is 11.2. The number of rotatable bonds is 5. The number of para-hydroxylation sites is 1. The van der Waals surface area contributed by atoms with E-state index in [1.54, 1.807) is 18.2 Å². The summed E-state index contributed by atoms with van der Waals surface area (Å²) in [6.45, 7) is 0.617. The van der Waals surface area contributed by atoms with Gasteiger partial charge in [-0.05, 0) is 37.3 Å². The molecule has 0 saturated heterocycles. The van der Waals surface area contributed by atoms with E-state index < -0.39 is 4.92 Å². The minimum atomic E-state index is -0.451. The molecule has 0 bridgehead atoms. The van der Waals surface area contributed by atoms with E-state index in [-0.39, 0.29) is 17.5 Å². The molecule has 1 aliphatic rings. The van der Waals surface area contributed by atoms with Crippen molar-refractivity contribution in [1.82, 2.24) is 0 Å². The topological polar surface area (TPSA) is 113 Å². The van der Waals surface area contributed by atoms with Gasteiger partial charge in [0, 0.05) is 6.54 Å². The van der Waals surface area contributed by atoms with E-state index in [4.69, 9.17) is 5.84 Å². The Labute approximate surface area is 117 Å². The van der Waals surface area contributed by atoms with Gasteiger partial charge in [-0.1, -0.05) is 12.5 Å². The number of anilines is 2. The third kappa shape index (κ3) is 3.37. The van der Waals surface area contributed by atoms with Gasteiger partial charge in [0.05, 0.1) is 11.0 Å². The van der Waals surface area contributed by atoms with Gasteiger partial charge in [-0.2, -0.15) is 0 Å². The third-order valence-electron chi connectivity index (χ3n) is 3.71. The fraction of sp³-hybridized carbons (Fsp3) is 0.538. The molecule has 0 aromatic heterocycles. The minimum absolute atomic E-state index is 0.0497. The van der Waals surface area contributed by atoms with Crippen LogP contribution < -0.4 is 16.6 Å². The quantitative estimate of drug-likeness (QED) is 0.372. The lowest BCUT2D eigenvalue weighted by molar-refractivity contribution is -0.383. The van der Waals surface area contributed by atoms with Gasteiger partial charge in [0.25, 0.3) is 0 Å². The minimum Gasteiger partial charge on any atom is -0.393 e. The van der Waals surface area contributed by atoms with Crippen LogP contribution in [0.2, 0.25) is 0 Å². The van der Waals surface area contributed by atoms with Crippen LogP contribution in [-0.4, -0.2) is 22.7 Å². The van der Waals surface area contributed by atoms with Crippen LogP contribution in [0.4, 0.5) is 17.1 Å². The zero-order valence-electron chi connectivity index (χ0n) is 11.2. The standard InChI is InChI=1S/C13H20N4O3/c14-16-12-6-2-5-11(13(12)17(19)20)15-8-9-3-1-4-10(18)7-9/h2,5-6,9-10,15-16,18H,1,3-4,7-8,14H2. The molecule has 0 spiro atoms. The van der Waals surface area contributed by atoms with Gasteiger partial charge in [0.15, 0.2) is 0 Å². The second-order valence-electron chi connectivity index (χ2n) is 5.17. The molecule has 0 aliphatic heterocycles. The second kappa shape index (κ2) is 6.53. The van der Waals surface area contributed by atoms with Crippen LogP contribution in [0.15, 0.2) is 18.2 Å². The van der Waals surface area contributed by atoms with Crippen LogP contribution in [0.1, 0.15) is 25.7 Å². The van der Waals surface area contributed by atoms with Crippen LogP contribution in [-0.2, 0) is 0 Å². The molecule has 1 saturated carbocycles. The van der Waals surface area contributed by atoms with Crippen LogP contribution in [0.5, 0.6) is 0 Å². The Bertz CT molecular complexity index is 481. The van der Waals surface area contributed by atoms with Crippen molar-refractivity contribution in [1.29, 1.82) is 0 Å². The van der Waals surface area contributed by atoms with Crippen molar-refractivity contribution in [3.63, 3.8) is 0 Å². The van der Waals surface area contributed by atoms with Crippen LogP contribution in [0.3, 0.4) is 0 Å². The summed E-state index contributed by atoms with van der Waals surface area (Å²) in [4.78, 5) is 10.7. The highest BCUT2D eigenvalue weighted by molar-refractivity contribution is 5.75. The SMILES string of the molecule is NNc1cccc(NCC2CCCC(O)C2)c1[N+](=O)[O-]. The number of nitrogens with zero attached hydrogens (tertiary/aromatic N) is 1. The summed E-state index contributed by atoms with van der Waals surface area (Å²) >= 11 is 0. The van der Waals surface area contributed by atoms with Gasteiger partial charge < -0.3 is 15.8 Å². The van der Waals surface area contributed by atoms with Crippen molar-refractivity contribution in [3.8, 4) is 0 Å². The maximum absolute atomic E-state index is 11.1. The van der Waals surface area contributed by atoms with Gasteiger partial charge in [-0.3, -0.25) is 16.0 Å². The van der Waals surface area contributed by atoms with Crippen molar-refractivity contribution in [2.45, 2.75) is 31.8 Å². The number of aliphatic hydroxyl groups is 1. The summed E-state index contributed by atoms with van der Waals surface area (Å²) in [6.07, 6.45) is 3.38. The average Bonchev–Trinajstić information content (AvgIpc) is 2.44. The number of aliphatic hydroxyl groups excluding tert-OH is 1. The van der Waals surface area contributed by atoms with Gasteiger partial charge in [0.1, 0.15) is 11.4 Å². The lowest BCUT2D eigenvalue weighted by atomic mass is 9.87. The highest BCUT2D eigenvalue weighted by Gasteiger charge is 2.22. The lowest BCUT2D eigenvalue weighted by Crippen LogP contribution is -2.25. The van der Waals surface area contributed by atoms with E-state index in [1.165, 1.54) is 0 Å². The molecule has 5 N–H and O–H groups in total.